The van der Waals surface area contributed by atoms with Gasteiger partial charge in [-0.2, -0.15) is 4.57 Å². The van der Waals surface area contributed by atoms with Crippen molar-refractivity contribution in [3.63, 3.8) is 0 Å². The van der Waals surface area contributed by atoms with E-state index in [1.165, 1.54) is 27.8 Å². The number of benzene rings is 2. The monoisotopic (exact) mass is 367 g/mol. The fraction of sp³-hybridized carbons (Fsp3) is 0.286. The van der Waals surface area contributed by atoms with Crippen LogP contribution in [0.15, 0.2) is 30.5 Å². The number of rotatable bonds is 2. The van der Waals surface area contributed by atoms with Crippen LogP contribution in [0.4, 0.5) is 0 Å². The third-order valence-electron chi connectivity index (χ3n) is 5.40. The lowest BCUT2D eigenvalue weighted by atomic mass is 9.91. The third-order valence-corrected chi connectivity index (χ3v) is 5.40. The highest BCUT2D eigenvalue weighted by atomic mass is 16.7. The number of aryl methyl sites for hydroxylation is 3. The molecule has 6 nitrogen and oxygen atoms in total. The summed E-state index contributed by atoms with van der Waals surface area (Å²) in [6.07, 6.45) is 3.13. The topological polar surface area (TPSA) is 70.8 Å². The van der Waals surface area contributed by atoms with Gasteiger partial charge < -0.3 is 24.4 Å². The van der Waals surface area contributed by atoms with E-state index in [0.29, 0.717) is 0 Å². The maximum absolute atomic E-state index is 5.72. The van der Waals surface area contributed by atoms with Gasteiger partial charge in [-0.3, -0.25) is 0 Å². The van der Waals surface area contributed by atoms with Gasteiger partial charge in [0.25, 0.3) is 0 Å². The number of nitrogens with zero attached hydrogens (tertiary/aromatic N) is 1. The van der Waals surface area contributed by atoms with Crippen LogP contribution < -0.4 is 23.5 Å². The number of aromatic nitrogens is 1. The van der Waals surface area contributed by atoms with Crippen molar-refractivity contribution in [2.45, 2.75) is 19.9 Å². The highest BCUT2D eigenvalue weighted by Crippen LogP contribution is 2.43. The van der Waals surface area contributed by atoms with Crippen LogP contribution in [-0.4, -0.2) is 26.5 Å². The molecule has 0 atom stereocenters. The second-order valence-electron chi connectivity index (χ2n) is 6.67. The Morgan fingerprint density at radius 1 is 1.00 bits per heavy atom. The van der Waals surface area contributed by atoms with E-state index in [9.17, 15) is 0 Å². The molecule has 0 fully saturated rings. The van der Waals surface area contributed by atoms with Crippen molar-refractivity contribution >= 4 is 10.8 Å². The highest BCUT2D eigenvalue weighted by molar-refractivity contribution is 5.95. The molecule has 0 bridgehead atoms. The van der Waals surface area contributed by atoms with Crippen LogP contribution >= 0.6 is 0 Å². The number of methoxy groups -OCH3 is 2. The Morgan fingerprint density at radius 3 is 2.56 bits per heavy atom. The number of hydrogen-bond donors (Lipinski definition) is 0. The molecule has 5 rings (SSSR count). The van der Waals surface area contributed by atoms with Crippen molar-refractivity contribution in [3.05, 3.63) is 41.6 Å². The standard InChI is InChI=1S/C21H20NO4.H2O/c1-12-14-4-5-17-21(26-11-25-17)16(14)10-22-7-6-13-8-18(23-2)19(24-3)9-15(13)20(12)22;/h4-5,8-10H,6-7,11H2,1-3H3;1H2/q+1;/p-1. The maximum Gasteiger partial charge on any atom is 0.231 e. The van der Waals surface area contributed by atoms with Crippen LogP contribution in [-0.2, 0) is 13.0 Å². The maximum atomic E-state index is 5.72. The minimum atomic E-state index is 0. The first-order valence-electron chi connectivity index (χ1n) is 8.72. The highest BCUT2D eigenvalue weighted by Gasteiger charge is 2.30. The molecule has 2 aliphatic heterocycles. The fourth-order valence-corrected chi connectivity index (χ4v) is 4.13. The summed E-state index contributed by atoms with van der Waals surface area (Å²) in [6.45, 7) is 3.37. The van der Waals surface area contributed by atoms with E-state index in [1.54, 1.807) is 14.2 Å². The Morgan fingerprint density at radius 2 is 1.78 bits per heavy atom. The summed E-state index contributed by atoms with van der Waals surface area (Å²) in [5.41, 5.74) is 4.93. The van der Waals surface area contributed by atoms with Crippen molar-refractivity contribution in [3.8, 4) is 34.3 Å². The van der Waals surface area contributed by atoms with Gasteiger partial charge in [0.2, 0.25) is 12.5 Å². The molecule has 1 aromatic heterocycles. The van der Waals surface area contributed by atoms with Crippen LogP contribution in [0, 0.1) is 6.92 Å². The van der Waals surface area contributed by atoms with Crippen LogP contribution in [0.1, 0.15) is 11.1 Å². The van der Waals surface area contributed by atoms with Crippen molar-refractivity contribution in [2.75, 3.05) is 21.0 Å². The van der Waals surface area contributed by atoms with Crippen molar-refractivity contribution < 1.29 is 29.0 Å². The Labute approximate surface area is 157 Å². The van der Waals surface area contributed by atoms with E-state index in [-0.39, 0.29) is 12.3 Å². The van der Waals surface area contributed by atoms with E-state index in [2.05, 4.69) is 35.9 Å². The molecule has 0 amide bonds. The molecule has 140 valence electrons. The Balaban J connectivity index is 0.00000180. The summed E-state index contributed by atoms with van der Waals surface area (Å²) in [5, 5.41) is 2.29. The van der Waals surface area contributed by atoms with Crippen molar-refractivity contribution in [2.24, 2.45) is 0 Å². The summed E-state index contributed by atoms with van der Waals surface area (Å²) in [6, 6.07) is 8.30. The van der Waals surface area contributed by atoms with E-state index < -0.39 is 0 Å². The first-order valence-corrected chi connectivity index (χ1v) is 8.72. The molecule has 3 aromatic rings. The van der Waals surface area contributed by atoms with Gasteiger partial charge in [-0.1, -0.05) is 0 Å². The molecule has 1 N–H and O–H groups in total. The number of fused-ring (bicyclic) bond motifs is 6. The van der Waals surface area contributed by atoms with Gasteiger partial charge in [0, 0.05) is 17.4 Å². The zero-order valence-corrected chi connectivity index (χ0v) is 15.5. The second-order valence-corrected chi connectivity index (χ2v) is 6.67. The lowest BCUT2D eigenvalue weighted by Crippen LogP contribution is -2.40. The summed E-state index contributed by atoms with van der Waals surface area (Å²) in [7, 11) is 3.35. The van der Waals surface area contributed by atoms with Gasteiger partial charge in [-0.15, -0.1) is 0 Å². The predicted octanol–water partition coefficient (Wildman–Crippen LogP) is 3.23. The van der Waals surface area contributed by atoms with E-state index in [0.717, 1.165) is 41.3 Å². The molecule has 0 aliphatic carbocycles. The van der Waals surface area contributed by atoms with Crippen molar-refractivity contribution in [1.82, 2.24) is 0 Å². The molecule has 2 aromatic carbocycles. The van der Waals surface area contributed by atoms with Gasteiger partial charge in [0.1, 0.15) is 0 Å². The Bertz CT molecular complexity index is 1060. The largest absolute Gasteiger partial charge is 0.870 e. The van der Waals surface area contributed by atoms with Gasteiger partial charge in [-0.05, 0) is 36.8 Å². The number of hydrogen-bond acceptors (Lipinski definition) is 5. The summed E-state index contributed by atoms with van der Waals surface area (Å²) >= 11 is 0. The van der Waals surface area contributed by atoms with E-state index >= 15 is 0 Å². The molecular formula is C21H21NO5. The number of ether oxygens (including phenoxy) is 4. The van der Waals surface area contributed by atoms with E-state index in [4.69, 9.17) is 18.9 Å². The lowest BCUT2D eigenvalue weighted by molar-refractivity contribution is -0.686. The van der Waals surface area contributed by atoms with Crippen LogP contribution in [0.25, 0.3) is 22.0 Å². The smallest absolute Gasteiger partial charge is 0.231 e. The van der Waals surface area contributed by atoms with Gasteiger partial charge in [-0.25, -0.2) is 0 Å². The molecule has 0 radical (unpaired) electrons. The fourth-order valence-electron chi connectivity index (χ4n) is 4.13. The minimum Gasteiger partial charge on any atom is -0.870 e. The molecular weight excluding hydrogens is 346 g/mol. The first kappa shape index (κ1) is 17.4. The Hall–Kier alpha value is -2.99. The Kier molecular flexibility index (Phi) is 4.08. The molecule has 3 heterocycles. The van der Waals surface area contributed by atoms with Gasteiger partial charge in [0.15, 0.2) is 35.7 Å². The number of pyridine rings is 1. The molecule has 0 saturated heterocycles. The third kappa shape index (κ3) is 2.40. The molecule has 6 heteroatoms. The van der Waals surface area contributed by atoms with Gasteiger partial charge >= 0.3 is 0 Å². The normalized spacial score (nSPS) is 13.6. The quantitative estimate of drug-likeness (QED) is 0.651. The van der Waals surface area contributed by atoms with Crippen LogP contribution in [0.5, 0.6) is 23.0 Å². The average molecular weight is 367 g/mol. The molecule has 0 unspecified atom stereocenters. The average Bonchev–Trinajstić information content (AvgIpc) is 3.15. The van der Waals surface area contributed by atoms with Gasteiger partial charge in [0.05, 0.1) is 25.2 Å². The lowest BCUT2D eigenvalue weighted by Gasteiger charge is -2.20. The van der Waals surface area contributed by atoms with E-state index in [1.807, 2.05) is 6.07 Å². The first-order chi connectivity index (χ1) is 12.7. The molecule has 0 spiro atoms. The van der Waals surface area contributed by atoms with Crippen LogP contribution in [0.2, 0.25) is 0 Å². The summed E-state index contributed by atoms with van der Waals surface area (Å²) in [5.74, 6) is 3.20. The van der Waals surface area contributed by atoms with Crippen LogP contribution in [0.3, 0.4) is 0 Å². The second kappa shape index (κ2) is 6.32. The summed E-state index contributed by atoms with van der Waals surface area (Å²) in [4.78, 5) is 0. The predicted molar refractivity (Wildman–Crippen MR) is 99.2 cm³/mol. The molecule has 27 heavy (non-hydrogen) atoms. The summed E-state index contributed by atoms with van der Waals surface area (Å²) < 4.78 is 24.6. The molecule has 2 aliphatic rings. The zero-order chi connectivity index (χ0) is 17.8. The minimum absolute atomic E-state index is 0. The zero-order valence-electron chi connectivity index (χ0n) is 15.5. The molecule has 0 saturated carbocycles. The SMILES string of the molecule is COc1cc2c(cc1OC)-c1c(C)c3ccc4c(c3c[n+]1CC2)OCO4.[OH-]. The van der Waals surface area contributed by atoms with Crippen molar-refractivity contribution in [1.29, 1.82) is 0 Å².